The van der Waals surface area contributed by atoms with Crippen LogP contribution in [-0.4, -0.2) is 94.4 Å². The van der Waals surface area contributed by atoms with E-state index in [2.05, 4.69) is 38.7 Å². The van der Waals surface area contributed by atoms with Crippen LogP contribution in [0.15, 0.2) is 0 Å². The van der Waals surface area contributed by atoms with Gasteiger partial charge in [0.2, 0.25) is 5.91 Å². The average Bonchev–Trinajstić information content (AvgIpc) is 3.02. The Hall–Kier alpha value is -1.51. The highest BCUT2D eigenvalue weighted by atomic mass is 16.5. The van der Waals surface area contributed by atoms with Crippen molar-refractivity contribution in [2.75, 3.05) is 52.9 Å². The lowest BCUT2D eigenvalue weighted by Crippen LogP contribution is -2.44. The Bertz CT molecular complexity index is 616. The molecule has 1 amide bonds. The van der Waals surface area contributed by atoms with Crippen LogP contribution in [0.25, 0.3) is 0 Å². The molecule has 8 heteroatoms. The molecule has 3 heterocycles. The van der Waals surface area contributed by atoms with E-state index >= 15 is 0 Å². The van der Waals surface area contributed by atoms with Crippen LogP contribution in [0.3, 0.4) is 0 Å². The lowest BCUT2D eigenvalue weighted by molar-refractivity contribution is -0.138. The number of likely N-dealkylation sites (tertiary alicyclic amines) is 1. The number of carbonyl (C=O) groups excluding carboxylic acids is 1. The van der Waals surface area contributed by atoms with Crippen molar-refractivity contribution in [1.82, 2.24) is 29.5 Å². The number of nitrogens with zero attached hydrogens (tertiary/aromatic N) is 6. The Labute approximate surface area is 162 Å². The largest absolute Gasteiger partial charge is 0.369 e. The Kier molecular flexibility index (Phi) is 6.83. The minimum Gasteiger partial charge on any atom is -0.369 e. The van der Waals surface area contributed by atoms with Gasteiger partial charge in [-0.1, -0.05) is 0 Å². The van der Waals surface area contributed by atoms with Gasteiger partial charge < -0.3 is 19.1 Å². The highest BCUT2D eigenvalue weighted by Crippen LogP contribution is 2.27. The fraction of sp³-hybridized carbons (Fsp3) is 0.842. The molecular weight excluding hydrogens is 344 g/mol. The maximum Gasteiger partial charge on any atom is 0.248 e. The minimum absolute atomic E-state index is 0.0869. The number of rotatable bonds is 6. The van der Waals surface area contributed by atoms with Gasteiger partial charge in [0.05, 0.1) is 12.6 Å². The molecule has 0 spiro atoms. The molecule has 0 radical (unpaired) electrons. The summed E-state index contributed by atoms with van der Waals surface area (Å²) in [4.78, 5) is 18.9. The molecule has 0 unspecified atom stereocenters. The number of amides is 1. The van der Waals surface area contributed by atoms with Gasteiger partial charge in [-0.3, -0.25) is 9.69 Å². The maximum absolute atomic E-state index is 12.2. The first kappa shape index (κ1) is 20.2. The second kappa shape index (κ2) is 9.12. The van der Waals surface area contributed by atoms with E-state index in [1.807, 2.05) is 18.7 Å². The second-order valence-corrected chi connectivity index (χ2v) is 8.13. The van der Waals surface area contributed by atoms with Crippen LogP contribution in [0.2, 0.25) is 0 Å². The standard InChI is InChI=1S/C19H34N6O2/c1-15(2)27-14-18(26)25-7-5-16(6-8-25)19-21-20-17(23(19)4)13-24-11-9-22(3)10-12-24/h15-16H,5-14H2,1-4H3. The van der Waals surface area contributed by atoms with Gasteiger partial charge in [-0.2, -0.15) is 0 Å². The smallest absolute Gasteiger partial charge is 0.248 e. The molecular formula is C19H34N6O2. The number of ether oxygens (including phenoxy) is 1. The Balaban J connectivity index is 1.51. The topological polar surface area (TPSA) is 66.7 Å². The third-order valence-corrected chi connectivity index (χ3v) is 5.71. The van der Waals surface area contributed by atoms with Crippen LogP contribution in [-0.2, 0) is 23.1 Å². The number of hydrogen-bond acceptors (Lipinski definition) is 6. The van der Waals surface area contributed by atoms with Crippen LogP contribution in [0.1, 0.15) is 44.3 Å². The first-order chi connectivity index (χ1) is 12.9. The zero-order chi connectivity index (χ0) is 19.4. The highest BCUT2D eigenvalue weighted by molar-refractivity contribution is 5.77. The molecule has 2 fully saturated rings. The van der Waals surface area contributed by atoms with Crippen molar-refractivity contribution >= 4 is 5.91 Å². The van der Waals surface area contributed by atoms with E-state index in [4.69, 9.17) is 4.74 Å². The first-order valence-corrected chi connectivity index (χ1v) is 10.1. The number of hydrogen-bond donors (Lipinski definition) is 0. The molecule has 152 valence electrons. The fourth-order valence-corrected chi connectivity index (χ4v) is 3.79. The van der Waals surface area contributed by atoms with E-state index in [1.165, 1.54) is 0 Å². The van der Waals surface area contributed by atoms with Crippen molar-refractivity contribution in [3.05, 3.63) is 11.6 Å². The zero-order valence-electron chi connectivity index (χ0n) is 17.2. The summed E-state index contributed by atoms with van der Waals surface area (Å²) in [6.45, 7) is 10.9. The molecule has 0 bridgehead atoms. The van der Waals surface area contributed by atoms with E-state index < -0.39 is 0 Å². The van der Waals surface area contributed by atoms with E-state index in [0.717, 1.165) is 70.3 Å². The van der Waals surface area contributed by atoms with Crippen LogP contribution in [0, 0.1) is 0 Å². The van der Waals surface area contributed by atoms with E-state index in [9.17, 15) is 4.79 Å². The van der Waals surface area contributed by atoms with Gasteiger partial charge in [-0.25, -0.2) is 0 Å². The lowest BCUT2D eigenvalue weighted by Gasteiger charge is -2.32. The molecule has 8 nitrogen and oxygen atoms in total. The summed E-state index contributed by atoms with van der Waals surface area (Å²) in [6, 6.07) is 0. The van der Waals surface area contributed by atoms with E-state index in [-0.39, 0.29) is 18.6 Å². The first-order valence-electron chi connectivity index (χ1n) is 10.1. The zero-order valence-corrected chi connectivity index (χ0v) is 17.2. The highest BCUT2D eigenvalue weighted by Gasteiger charge is 2.28. The predicted octanol–water partition coefficient (Wildman–Crippen LogP) is 0.694. The summed E-state index contributed by atoms with van der Waals surface area (Å²) in [5, 5.41) is 8.96. The van der Waals surface area contributed by atoms with Crippen molar-refractivity contribution in [2.45, 2.75) is 45.3 Å². The predicted molar refractivity (Wildman–Crippen MR) is 103 cm³/mol. The number of likely N-dealkylation sites (N-methyl/N-ethyl adjacent to an activating group) is 1. The minimum atomic E-state index is 0.0869. The molecule has 0 atom stereocenters. The summed E-state index contributed by atoms with van der Waals surface area (Å²) >= 11 is 0. The molecule has 3 rings (SSSR count). The molecule has 2 aliphatic heterocycles. The van der Waals surface area contributed by atoms with Gasteiger partial charge in [0, 0.05) is 52.2 Å². The molecule has 27 heavy (non-hydrogen) atoms. The molecule has 2 saturated heterocycles. The summed E-state index contributed by atoms with van der Waals surface area (Å²) in [5.74, 6) is 2.57. The van der Waals surface area contributed by atoms with Gasteiger partial charge in [-0.15, -0.1) is 10.2 Å². The Morgan fingerprint density at radius 2 is 1.74 bits per heavy atom. The van der Waals surface area contributed by atoms with Crippen molar-refractivity contribution < 1.29 is 9.53 Å². The van der Waals surface area contributed by atoms with Crippen molar-refractivity contribution in [2.24, 2.45) is 7.05 Å². The van der Waals surface area contributed by atoms with Crippen molar-refractivity contribution in [1.29, 1.82) is 0 Å². The van der Waals surface area contributed by atoms with Crippen molar-refractivity contribution in [3.63, 3.8) is 0 Å². The van der Waals surface area contributed by atoms with Crippen LogP contribution >= 0.6 is 0 Å². The second-order valence-electron chi connectivity index (χ2n) is 8.13. The summed E-state index contributed by atoms with van der Waals surface area (Å²) in [5.41, 5.74) is 0. The van der Waals surface area contributed by atoms with E-state index in [1.54, 1.807) is 0 Å². The monoisotopic (exact) mass is 378 g/mol. The summed E-state index contributed by atoms with van der Waals surface area (Å²) < 4.78 is 7.61. The molecule has 0 saturated carbocycles. The van der Waals surface area contributed by atoms with Gasteiger partial charge in [0.1, 0.15) is 18.3 Å². The molecule has 0 aromatic carbocycles. The van der Waals surface area contributed by atoms with Gasteiger partial charge in [0.25, 0.3) is 0 Å². The summed E-state index contributed by atoms with van der Waals surface area (Å²) in [7, 11) is 4.25. The number of carbonyl (C=O) groups is 1. The number of piperidine rings is 1. The molecule has 1 aromatic heterocycles. The quantitative estimate of drug-likeness (QED) is 0.726. The maximum atomic E-state index is 12.2. The normalized spacial score (nSPS) is 20.6. The van der Waals surface area contributed by atoms with Crippen molar-refractivity contribution in [3.8, 4) is 0 Å². The summed E-state index contributed by atoms with van der Waals surface area (Å²) in [6.07, 6.45) is 1.96. The SMILES string of the molecule is CC(C)OCC(=O)N1CCC(c2nnc(CN3CCN(C)CC3)n2C)CC1. The Morgan fingerprint density at radius 1 is 1.07 bits per heavy atom. The molecule has 0 aliphatic carbocycles. The number of aromatic nitrogens is 3. The third kappa shape index (κ3) is 5.27. The van der Waals surface area contributed by atoms with Gasteiger partial charge in [-0.05, 0) is 33.7 Å². The fourth-order valence-electron chi connectivity index (χ4n) is 3.79. The molecule has 0 N–H and O–H groups in total. The average molecular weight is 379 g/mol. The third-order valence-electron chi connectivity index (χ3n) is 5.71. The van der Waals surface area contributed by atoms with Crippen LogP contribution in [0.4, 0.5) is 0 Å². The number of piperazine rings is 1. The van der Waals surface area contributed by atoms with Gasteiger partial charge >= 0.3 is 0 Å². The molecule has 2 aliphatic rings. The van der Waals surface area contributed by atoms with Crippen LogP contribution < -0.4 is 0 Å². The van der Waals surface area contributed by atoms with Gasteiger partial charge in [0.15, 0.2) is 0 Å². The van der Waals surface area contributed by atoms with E-state index in [0.29, 0.717) is 5.92 Å². The Morgan fingerprint density at radius 3 is 2.37 bits per heavy atom. The lowest BCUT2D eigenvalue weighted by atomic mass is 9.96. The molecule has 1 aromatic rings. The van der Waals surface area contributed by atoms with Crippen LogP contribution in [0.5, 0.6) is 0 Å².